The van der Waals surface area contributed by atoms with Crippen LogP contribution >= 0.6 is 0 Å². The predicted molar refractivity (Wildman–Crippen MR) is 259 cm³/mol. The Morgan fingerprint density at radius 1 is 0.703 bits per heavy atom. The summed E-state index contributed by atoms with van der Waals surface area (Å²) in [5.74, 6) is 9.29. The maximum absolute atomic E-state index is 12.4. The SMILES string of the molecule is C.CC(C)CCCCC1CCC2C3CC=C4CC(OC(=O)C(O)C(O)C(O)C(=O)O)CCC4(C)C3CCC12C.CC(C)CCC[C@H](C)C1CCC2C3CC=C4CCCCC4C3CCC21. The van der Waals surface area contributed by atoms with Gasteiger partial charge < -0.3 is 25.2 Å². The standard InChI is InChI=1S/C31H50O7.C25H42.CH4/c1-18(2)7-5-6-8-19-10-12-23-22-11-9-20-17-21(38-29(37)27(34)25(32)26(33)28(35)36)13-15-31(20,4)24(22)14-16-30(19,23)3;1-17(2)7-6-8-18(3)20-13-14-25-22(20)15-16-23-21-10-5-4-9-19(21)11-12-24(23)25;/h9,18-19,21-27,32-34H,5-8,10-17H2,1-4H3,(H,35,36);11,17-18,20-25H,4-10,12-16H2,1-3H3;1H4/t;18-,20?,21?,22?,23?,24?,25?;/m.0./s1. The van der Waals surface area contributed by atoms with Crippen molar-refractivity contribution in [1.29, 1.82) is 0 Å². The molecule has 0 radical (unpaired) electrons. The van der Waals surface area contributed by atoms with Gasteiger partial charge in [0.2, 0.25) is 0 Å². The Morgan fingerprint density at radius 3 is 2.14 bits per heavy atom. The number of unbranched alkanes of at least 4 members (excludes halogenated alkanes) is 1. The molecule has 7 heteroatoms. The number of allylic oxidation sites excluding steroid dienone is 3. The molecule has 6 fully saturated rings. The van der Waals surface area contributed by atoms with Crippen LogP contribution in [0.1, 0.15) is 210 Å². The van der Waals surface area contributed by atoms with Gasteiger partial charge in [-0.15, -0.1) is 0 Å². The van der Waals surface area contributed by atoms with Gasteiger partial charge in [0.15, 0.2) is 12.2 Å². The first-order valence-corrected chi connectivity index (χ1v) is 26.9. The summed E-state index contributed by atoms with van der Waals surface area (Å²) in [5.41, 5.74) is 3.79. The summed E-state index contributed by atoms with van der Waals surface area (Å²) in [6.07, 6.45) is 30.3. The van der Waals surface area contributed by atoms with Crippen molar-refractivity contribution in [3.63, 3.8) is 0 Å². The second kappa shape index (κ2) is 22.2. The molecule has 4 N–H and O–H groups in total. The van der Waals surface area contributed by atoms with Gasteiger partial charge in [0.25, 0.3) is 0 Å². The molecule has 8 rings (SSSR count). The lowest BCUT2D eigenvalue weighted by atomic mass is 9.47. The summed E-state index contributed by atoms with van der Waals surface area (Å²) in [4.78, 5) is 23.3. The Morgan fingerprint density at radius 2 is 1.41 bits per heavy atom. The number of ether oxygens (including phenoxy) is 1. The minimum Gasteiger partial charge on any atom is -0.479 e. The average molecular weight is 893 g/mol. The molecule has 6 saturated carbocycles. The maximum atomic E-state index is 12.4. The number of esters is 1. The number of carbonyl (C=O) groups excluding carboxylic acids is 1. The fourth-order valence-corrected chi connectivity index (χ4v) is 16.7. The highest BCUT2D eigenvalue weighted by Gasteiger charge is 2.59. The van der Waals surface area contributed by atoms with E-state index in [4.69, 9.17) is 9.84 Å². The number of carbonyl (C=O) groups is 2. The number of carboxylic acid groups (broad SMARTS) is 1. The number of hydrogen-bond acceptors (Lipinski definition) is 6. The first-order valence-electron chi connectivity index (χ1n) is 26.9. The Balaban J connectivity index is 0.000000226. The molecule has 0 bridgehead atoms. The molecule has 0 spiro atoms. The molecule has 17 atom stereocenters. The van der Waals surface area contributed by atoms with Gasteiger partial charge in [-0.25, -0.2) is 9.59 Å². The van der Waals surface area contributed by atoms with E-state index < -0.39 is 36.4 Å². The molecular weight excluding hydrogens is 797 g/mol. The summed E-state index contributed by atoms with van der Waals surface area (Å²) >= 11 is 0. The lowest BCUT2D eigenvalue weighted by Gasteiger charge is -2.58. The third-order valence-corrected chi connectivity index (χ3v) is 20.2. The Bertz CT molecular complexity index is 1600. The van der Waals surface area contributed by atoms with E-state index in [1.165, 1.54) is 108 Å². The monoisotopic (exact) mass is 893 g/mol. The number of rotatable bonds is 15. The van der Waals surface area contributed by atoms with Gasteiger partial charge in [-0.05, 0) is 190 Å². The number of aliphatic carboxylic acids is 1. The highest BCUT2D eigenvalue weighted by atomic mass is 16.6. The molecule has 0 aliphatic heterocycles. The van der Waals surface area contributed by atoms with Crippen molar-refractivity contribution >= 4 is 11.9 Å². The lowest BCUT2D eigenvalue weighted by Crippen LogP contribution is -2.51. The number of fused-ring (bicyclic) bond motifs is 10. The van der Waals surface area contributed by atoms with Crippen molar-refractivity contribution in [2.24, 2.45) is 87.8 Å². The van der Waals surface area contributed by atoms with Crippen LogP contribution in [-0.4, -0.2) is 56.8 Å². The van der Waals surface area contributed by atoms with Crippen LogP contribution in [0.15, 0.2) is 23.3 Å². The number of aliphatic hydroxyl groups excluding tert-OH is 3. The van der Waals surface area contributed by atoms with Gasteiger partial charge >= 0.3 is 11.9 Å². The van der Waals surface area contributed by atoms with Crippen LogP contribution in [0.25, 0.3) is 0 Å². The van der Waals surface area contributed by atoms with E-state index >= 15 is 0 Å². The Labute approximate surface area is 390 Å². The van der Waals surface area contributed by atoms with Gasteiger partial charge in [0.05, 0.1) is 0 Å². The van der Waals surface area contributed by atoms with Crippen LogP contribution < -0.4 is 0 Å². The fraction of sp³-hybridized carbons (Fsp3) is 0.895. The normalized spacial score (nSPS) is 39.3. The molecule has 0 heterocycles. The van der Waals surface area contributed by atoms with Crippen LogP contribution in [0.2, 0.25) is 0 Å². The summed E-state index contributed by atoms with van der Waals surface area (Å²) in [6.45, 7) is 17.0. The smallest absolute Gasteiger partial charge is 0.338 e. The molecule has 0 aromatic carbocycles. The van der Waals surface area contributed by atoms with Crippen LogP contribution in [0.4, 0.5) is 0 Å². The largest absolute Gasteiger partial charge is 0.479 e. The highest BCUT2D eigenvalue weighted by Crippen LogP contribution is 2.67. The van der Waals surface area contributed by atoms with E-state index in [2.05, 4.69) is 60.6 Å². The van der Waals surface area contributed by atoms with E-state index in [9.17, 15) is 24.9 Å². The molecule has 64 heavy (non-hydrogen) atoms. The first-order chi connectivity index (χ1) is 30.0. The topological polar surface area (TPSA) is 124 Å². The van der Waals surface area contributed by atoms with Gasteiger partial charge in [-0.2, -0.15) is 0 Å². The van der Waals surface area contributed by atoms with Crippen LogP contribution in [0.3, 0.4) is 0 Å². The van der Waals surface area contributed by atoms with Crippen LogP contribution in [0, 0.1) is 87.8 Å². The number of carboxylic acids is 1. The summed E-state index contributed by atoms with van der Waals surface area (Å²) in [5, 5.41) is 38.1. The van der Waals surface area contributed by atoms with E-state index in [-0.39, 0.29) is 12.8 Å². The third kappa shape index (κ3) is 10.9. The molecule has 366 valence electrons. The summed E-state index contributed by atoms with van der Waals surface area (Å²) in [7, 11) is 0. The zero-order chi connectivity index (χ0) is 45.2. The van der Waals surface area contributed by atoms with Crippen molar-refractivity contribution in [1.82, 2.24) is 0 Å². The van der Waals surface area contributed by atoms with Gasteiger partial charge in [0.1, 0.15) is 12.2 Å². The van der Waals surface area contributed by atoms with E-state index in [0.29, 0.717) is 24.2 Å². The van der Waals surface area contributed by atoms with Crippen molar-refractivity contribution in [3.05, 3.63) is 23.3 Å². The van der Waals surface area contributed by atoms with Gasteiger partial charge in [-0.3, -0.25) is 0 Å². The highest BCUT2D eigenvalue weighted by molar-refractivity contribution is 5.79. The van der Waals surface area contributed by atoms with Gasteiger partial charge in [-0.1, -0.05) is 124 Å². The van der Waals surface area contributed by atoms with Crippen molar-refractivity contribution < 1.29 is 34.8 Å². The quantitative estimate of drug-likeness (QED) is 0.0733. The Hall–Kier alpha value is -1.70. The molecule has 0 amide bonds. The zero-order valence-electron chi connectivity index (χ0n) is 41.0. The third-order valence-electron chi connectivity index (χ3n) is 20.2. The van der Waals surface area contributed by atoms with Crippen molar-refractivity contribution in [3.8, 4) is 0 Å². The Kier molecular flexibility index (Phi) is 17.9. The van der Waals surface area contributed by atoms with Crippen molar-refractivity contribution in [2.45, 2.75) is 234 Å². The summed E-state index contributed by atoms with van der Waals surface area (Å²) < 4.78 is 5.50. The molecule has 0 saturated heterocycles. The van der Waals surface area contributed by atoms with Crippen LogP contribution in [0.5, 0.6) is 0 Å². The van der Waals surface area contributed by atoms with E-state index in [1.54, 1.807) is 25.7 Å². The second-order valence-electron chi connectivity index (χ2n) is 24.4. The molecule has 7 nitrogen and oxygen atoms in total. The van der Waals surface area contributed by atoms with E-state index in [0.717, 1.165) is 83.9 Å². The molecule has 8 aliphatic rings. The first kappa shape index (κ1) is 51.7. The molecular formula is C57H96O7. The fourth-order valence-electron chi connectivity index (χ4n) is 16.7. The van der Waals surface area contributed by atoms with Crippen molar-refractivity contribution in [2.75, 3.05) is 0 Å². The summed E-state index contributed by atoms with van der Waals surface area (Å²) in [6, 6.07) is 0. The number of aliphatic hydroxyl groups is 3. The minimum atomic E-state index is -2.25. The molecule has 8 aliphatic carbocycles. The number of hydrogen-bond donors (Lipinski definition) is 4. The van der Waals surface area contributed by atoms with E-state index in [1.807, 2.05) is 5.57 Å². The predicted octanol–water partition coefficient (Wildman–Crippen LogP) is 13.1. The average Bonchev–Trinajstić information content (AvgIpc) is 3.85. The molecule has 0 aromatic rings. The van der Waals surface area contributed by atoms with Gasteiger partial charge in [0, 0.05) is 6.42 Å². The second-order valence-corrected chi connectivity index (χ2v) is 24.4. The zero-order valence-corrected chi connectivity index (χ0v) is 41.0. The lowest BCUT2D eigenvalue weighted by molar-refractivity contribution is -0.176. The van der Waals surface area contributed by atoms with Crippen LogP contribution in [-0.2, 0) is 14.3 Å². The minimum absolute atomic E-state index is 0. The molecule has 0 aromatic heterocycles. The molecule has 16 unspecified atom stereocenters. The maximum Gasteiger partial charge on any atom is 0.338 e.